The van der Waals surface area contributed by atoms with Gasteiger partial charge in [-0.05, 0) is 30.3 Å². The molecular weight excluding hydrogens is 324 g/mol. The highest BCUT2D eigenvalue weighted by Crippen LogP contribution is 2.32. The fraction of sp³-hybridized carbons (Fsp3) is 0.222. The molecule has 7 nitrogen and oxygen atoms in total. The van der Waals surface area contributed by atoms with Gasteiger partial charge in [-0.2, -0.15) is 0 Å². The lowest BCUT2D eigenvalue weighted by molar-refractivity contribution is -0.123. The maximum atomic E-state index is 12.2. The van der Waals surface area contributed by atoms with E-state index in [4.69, 9.17) is 14.2 Å². The van der Waals surface area contributed by atoms with Crippen LogP contribution in [0, 0.1) is 0 Å². The molecule has 128 valence electrons. The van der Waals surface area contributed by atoms with Gasteiger partial charge in [0.1, 0.15) is 5.75 Å². The lowest BCUT2D eigenvalue weighted by Crippen LogP contribution is -2.39. The summed E-state index contributed by atoms with van der Waals surface area (Å²) in [6, 6.07) is 12.3. The second-order valence-corrected chi connectivity index (χ2v) is 5.70. The van der Waals surface area contributed by atoms with E-state index < -0.39 is 6.10 Å². The number of carbonyl (C=O) groups is 2. The molecule has 2 N–H and O–H groups in total. The molecule has 7 heteroatoms. The summed E-state index contributed by atoms with van der Waals surface area (Å²) in [6.45, 7) is 0.476. The highest BCUT2D eigenvalue weighted by Gasteiger charge is 2.27. The molecule has 0 saturated carbocycles. The number of nitrogens with one attached hydrogen (secondary N) is 2. The summed E-state index contributed by atoms with van der Waals surface area (Å²) >= 11 is 0. The maximum Gasteiger partial charge on any atom is 0.265 e. The zero-order chi connectivity index (χ0) is 17.2. The Morgan fingerprint density at radius 3 is 2.88 bits per heavy atom. The normalized spacial score (nSPS) is 17.3. The number of hydrogen-bond acceptors (Lipinski definition) is 5. The Morgan fingerprint density at radius 2 is 1.96 bits per heavy atom. The molecule has 0 fully saturated rings. The molecule has 0 aromatic heterocycles. The van der Waals surface area contributed by atoms with Crippen molar-refractivity contribution in [3.05, 3.63) is 48.0 Å². The fourth-order valence-corrected chi connectivity index (χ4v) is 2.74. The lowest BCUT2D eigenvalue weighted by atomic mass is 10.1. The third kappa shape index (κ3) is 3.08. The van der Waals surface area contributed by atoms with Crippen LogP contribution >= 0.6 is 0 Å². The van der Waals surface area contributed by atoms with Crippen molar-refractivity contribution in [3.8, 4) is 17.2 Å². The molecule has 2 aliphatic heterocycles. The van der Waals surface area contributed by atoms with Crippen LogP contribution in [-0.4, -0.2) is 31.3 Å². The number of carbonyl (C=O) groups excluding carboxylic acids is 2. The van der Waals surface area contributed by atoms with Crippen LogP contribution in [0.4, 0.5) is 5.69 Å². The van der Waals surface area contributed by atoms with Crippen molar-refractivity contribution in [1.82, 2.24) is 5.32 Å². The highest BCUT2D eigenvalue weighted by molar-refractivity contribution is 5.98. The van der Waals surface area contributed by atoms with Gasteiger partial charge in [0.05, 0.1) is 5.69 Å². The van der Waals surface area contributed by atoms with Crippen molar-refractivity contribution in [1.29, 1.82) is 0 Å². The molecular formula is C18H16N2O5. The lowest BCUT2D eigenvalue weighted by Gasteiger charge is -2.25. The minimum atomic E-state index is -0.632. The SMILES string of the molecule is O=C(NCCC1Oc2ccccc2NC1=O)c1ccc2c(c1)OCO2. The largest absolute Gasteiger partial charge is 0.478 e. The van der Waals surface area contributed by atoms with Gasteiger partial charge in [0.25, 0.3) is 11.8 Å². The molecule has 0 saturated heterocycles. The first-order valence-electron chi connectivity index (χ1n) is 7.95. The number of hydrogen-bond donors (Lipinski definition) is 2. The third-order valence-corrected chi connectivity index (χ3v) is 4.03. The topological polar surface area (TPSA) is 85.9 Å². The standard InChI is InChI=1S/C18H16N2O5/c21-17(11-5-6-14-16(9-11)24-10-23-14)19-8-7-15-18(22)20-12-3-1-2-4-13(12)25-15/h1-6,9,15H,7-8,10H2,(H,19,21)(H,20,22). The number of para-hydroxylation sites is 2. The van der Waals surface area contributed by atoms with Crippen LogP contribution in [-0.2, 0) is 4.79 Å². The van der Waals surface area contributed by atoms with E-state index in [2.05, 4.69) is 10.6 Å². The quantitative estimate of drug-likeness (QED) is 0.888. The number of amides is 2. The zero-order valence-electron chi connectivity index (χ0n) is 13.3. The molecule has 0 bridgehead atoms. The smallest absolute Gasteiger partial charge is 0.265 e. The molecule has 1 unspecified atom stereocenters. The molecule has 2 aromatic rings. The van der Waals surface area contributed by atoms with E-state index in [1.54, 1.807) is 30.3 Å². The summed E-state index contributed by atoms with van der Waals surface area (Å²) in [5.41, 5.74) is 1.14. The van der Waals surface area contributed by atoms with Crippen LogP contribution in [0.15, 0.2) is 42.5 Å². The summed E-state index contributed by atoms with van der Waals surface area (Å²) in [5, 5.41) is 5.59. The molecule has 0 radical (unpaired) electrons. The van der Waals surface area contributed by atoms with Crippen LogP contribution in [0.2, 0.25) is 0 Å². The summed E-state index contributed by atoms with van der Waals surface area (Å²) in [7, 11) is 0. The molecule has 2 aromatic carbocycles. The van der Waals surface area contributed by atoms with Gasteiger partial charge in [0.15, 0.2) is 17.6 Å². The van der Waals surface area contributed by atoms with Crippen LogP contribution in [0.1, 0.15) is 16.8 Å². The van der Waals surface area contributed by atoms with Gasteiger partial charge in [-0.15, -0.1) is 0 Å². The van der Waals surface area contributed by atoms with E-state index >= 15 is 0 Å². The Bertz CT molecular complexity index is 836. The van der Waals surface area contributed by atoms with E-state index in [9.17, 15) is 9.59 Å². The monoisotopic (exact) mass is 340 g/mol. The van der Waals surface area contributed by atoms with Crippen molar-refractivity contribution in [3.63, 3.8) is 0 Å². The molecule has 0 spiro atoms. The van der Waals surface area contributed by atoms with E-state index in [1.807, 2.05) is 12.1 Å². The van der Waals surface area contributed by atoms with Gasteiger partial charge in [-0.3, -0.25) is 9.59 Å². The second-order valence-electron chi connectivity index (χ2n) is 5.70. The predicted molar refractivity (Wildman–Crippen MR) is 89.0 cm³/mol. The first kappa shape index (κ1) is 15.3. The number of rotatable bonds is 4. The maximum absolute atomic E-state index is 12.2. The van der Waals surface area contributed by atoms with E-state index in [0.29, 0.717) is 41.5 Å². The number of fused-ring (bicyclic) bond motifs is 2. The zero-order valence-corrected chi connectivity index (χ0v) is 13.3. The van der Waals surface area contributed by atoms with Crippen LogP contribution < -0.4 is 24.8 Å². The average Bonchev–Trinajstić information content (AvgIpc) is 3.09. The highest BCUT2D eigenvalue weighted by atomic mass is 16.7. The average molecular weight is 340 g/mol. The number of anilines is 1. The van der Waals surface area contributed by atoms with Crippen molar-refractivity contribution < 1.29 is 23.8 Å². The molecule has 1 atom stereocenters. The first-order chi connectivity index (χ1) is 12.2. The fourth-order valence-electron chi connectivity index (χ4n) is 2.74. The summed E-state index contributed by atoms with van der Waals surface area (Å²) in [6.07, 6.45) is -0.261. The van der Waals surface area contributed by atoms with E-state index in [-0.39, 0.29) is 18.6 Å². The van der Waals surface area contributed by atoms with Crippen molar-refractivity contribution in [2.24, 2.45) is 0 Å². The van der Waals surface area contributed by atoms with Gasteiger partial charge in [-0.25, -0.2) is 0 Å². The Hall–Kier alpha value is -3.22. The van der Waals surface area contributed by atoms with Gasteiger partial charge < -0.3 is 24.8 Å². The third-order valence-electron chi connectivity index (χ3n) is 4.03. The van der Waals surface area contributed by atoms with Crippen molar-refractivity contribution >= 4 is 17.5 Å². The van der Waals surface area contributed by atoms with Crippen LogP contribution in [0.25, 0.3) is 0 Å². The van der Waals surface area contributed by atoms with Gasteiger partial charge in [0, 0.05) is 18.5 Å². The minimum Gasteiger partial charge on any atom is -0.478 e. The molecule has 2 amide bonds. The van der Waals surface area contributed by atoms with E-state index in [0.717, 1.165) is 0 Å². The number of benzene rings is 2. The molecule has 25 heavy (non-hydrogen) atoms. The molecule has 2 heterocycles. The molecule has 4 rings (SSSR count). The van der Waals surface area contributed by atoms with E-state index in [1.165, 1.54) is 0 Å². The van der Waals surface area contributed by atoms with Crippen molar-refractivity contribution in [2.75, 3.05) is 18.7 Å². The Morgan fingerprint density at radius 1 is 1.12 bits per heavy atom. The Kier molecular flexibility index (Phi) is 3.89. The summed E-state index contributed by atoms with van der Waals surface area (Å²) in [4.78, 5) is 24.3. The Balaban J connectivity index is 1.33. The van der Waals surface area contributed by atoms with Crippen molar-refractivity contribution in [2.45, 2.75) is 12.5 Å². The Labute approximate surface area is 143 Å². The van der Waals surface area contributed by atoms with Crippen LogP contribution in [0.5, 0.6) is 17.2 Å². The van der Waals surface area contributed by atoms with Gasteiger partial charge in [-0.1, -0.05) is 12.1 Å². The summed E-state index contributed by atoms with van der Waals surface area (Å²) in [5.74, 6) is 1.36. The molecule has 0 aliphatic carbocycles. The summed E-state index contributed by atoms with van der Waals surface area (Å²) < 4.78 is 16.2. The first-order valence-corrected chi connectivity index (χ1v) is 7.95. The van der Waals surface area contributed by atoms with Gasteiger partial charge >= 0.3 is 0 Å². The predicted octanol–water partition coefficient (Wildman–Crippen LogP) is 1.93. The molecule has 2 aliphatic rings. The van der Waals surface area contributed by atoms with Crippen LogP contribution in [0.3, 0.4) is 0 Å². The number of ether oxygens (including phenoxy) is 3. The van der Waals surface area contributed by atoms with Gasteiger partial charge in [0.2, 0.25) is 6.79 Å². The minimum absolute atomic E-state index is 0.163. The second kappa shape index (κ2) is 6.35.